The van der Waals surface area contributed by atoms with Crippen molar-refractivity contribution < 1.29 is 14.2 Å². The van der Waals surface area contributed by atoms with Gasteiger partial charge in [-0.15, -0.1) is 0 Å². The van der Waals surface area contributed by atoms with Crippen molar-refractivity contribution in [3.63, 3.8) is 0 Å². The first kappa shape index (κ1) is 31.1. The lowest BCUT2D eigenvalue weighted by Crippen LogP contribution is -2.25. The predicted octanol–water partition coefficient (Wildman–Crippen LogP) is 9.64. The molecule has 0 radical (unpaired) electrons. The van der Waals surface area contributed by atoms with Crippen LogP contribution in [0.5, 0.6) is 17.2 Å². The molecule has 0 fully saturated rings. The molecule has 0 aliphatic rings. The van der Waals surface area contributed by atoms with E-state index in [4.69, 9.17) is 14.2 Å². The fraction of sp³-hybridized carbons (Fsp3) is 0.143. The van der Waals surface area contributed by atoms with Crippen molar-refractivity contribution in [2.75, 3.05) is 19.8 Å². The summed E-state index contributed by atoms with van der Waals surface area (Å²) in [6.07, 6.45) is 0. The molecule has 46 heavy (non-hydrogen) atoms. The Hall–Kier alpha value is -4.85. The molecule has 230 valence electrons. The van der Waals surface area contributed by atoms with Crippen LogP contribution < -0.4 is 30.1 Å². The Balaban J connectivity index is 1.57. The zero-order chi connectivity index (χ0) is 31.7. The highest BCUT2D eigenvalue weighted by atomic mass is 31.1. The van der Waals surface area contributed by atoms with Gasteiger partial charge >= 0.3 is 0 Å². The van der Waals surface area contributed by atoms with Crippen LogP contribution in [0.1, 0.15) is 20.8 Å². The van der Waals surface area contributed by atoms with Crippen molar-refractivity contribution >= 4 is 23.8 Å². The molecule has 6 aromatic carbocycles. The molecule has 0 spiro atoms. The van der Waals surface area contributed by atoms with Crippen LogP contribution in [0.3, 0.4) is 0 Å². The van der Waals surface area contributed by atoms with E-state index in [0.29, 0.717) is 19.8 Å². The van der Waals surface area contributed by atoms with Crippen molar-refractivity contribution in [1.29, 1.82) is 0 Å². The third kappa shape index (κ3) is 6.86. The van der Waals surface area contributed by atoms with Crippen molar-refractivity contribution in [3.8, 4) is 50.6 Å². The zero-order valence-electron chi connectivity index (χ0n) is 26.6. The fourth-order valence-electron chi connectivity index (χ4n) is 5.82. The molecule has 0 atom stereocenters. The van der Waals surface area contributed by atoms with Crippen LogP contribution in [0, 0.1) is 0 Å². The third-order valence-electron chi connectivity index (χ3n) is 7.86. The van der Waals surface area contributed by atoms with Crippen LogP contribution in [0.4, 0.5) is 0 Å². The van der Waals surface area contributed by atoms with Gasteiger partial charge < -0.3 is 14.2 Å². The van der Waals surface area contributed by atoms with Gasteiger partial charge in [-0.2, -0.15) is 0 Å². The maximum absolute atomic E-state index is 5.78. The maximum atomic E-state index is 5.78. The normalized spacial score (nSPS) is 11.0. The molecule has 6 aromatic rings. The highest BCUT2D eigenvalue weighted by Gasteiger charge is 2.25. The topological polar surface area (TPSA) is 27.7 Å². The Labute approximate surface area is 274 Å². The standard InChI is InChI=1S/C42H39O3P/c1-4-43-34-25-19-31(20-26-34)37-13-7-10-16-40(37)46(41-17-11-8-14-38(41)32-21-27-35(28-22-32)44-5-2)42-18-12-9-15-39(42)33-23-29-36(30-24-33)45-6-3/h7-30H,4-6H2,1-3H3. The van der Waals surface area contributed by atoms with E-state index in [1.165, 1.54) is 49.3 Å². The minimum atomic E-state index is -1.02. The van der Waals surface area contributed by atoms with Gasteiger partial charge in [-0.1, -0.05) is 109 Å². The van der Waals surface area contributed by atoms with Gasteiger partial charge in [0.15, 0.2) is 0 Å². The predicted molar refractivity (Wildman–Crippen MR) is 195 cm³/mol. The van der Waals surface area contributed by atoms with Crippen LogP contribution in [0.15, 0.2) is 146 Å². The van der Waals surface area contributed by atoms with Crippen LogP contribution in [-0.2, 0) is 0 Å². The SMILES string of the molecule is CCOc1ccc(-c2ccccc2P(c2ccccc2-c2ccc(OCC)cc2)c2ccccc2-c2ccc(OCC)cc2)cc1. The molecule has 0 N–H and O–H groups in total. The van der Waals surface area contributed by atoms with E-state index in [1.54, 1.807) is 0 Å². The van der Waals surface area contributed by atoms with Gasteiger partial charge in [0.25, 0.3) is 0 Å². The van der Waals surface area contributed by atoms with Gasteiger partial charge in [0.2, 0.25) is 0 Å². The van der Waals surface area contributed by atoms with Crippen molar-refractivity contribution in [1.82, 2.24) is 0 Å². The highest BCUT2D eigenvalue weighted by Crippen LogP contribution is 2.43. The first-order valence-corrected chi connectivity index (χ1v) is 17.3. The van der Waals surface area contributed by atoms with Crippen LogP contribution in [0.25, 0.3) is 33.4 Å². The number of hydrogen-bond acceptors (Lipinski definition) is 3. The summed E-state index contributed by atoms with van der Waals surface area (Å²) in [7, 11) is -1.02. The molecule has 0 saturated heterocycles. The Kier molecular flexibility index (Phi) is 10.1. The highest BCUT2D eigenvalue weighted by molar-refractivity contribution is 7.80. The lowest BCUT2D eigenvalue weighted by Gasteiger charge is -2.27. The smallest absolute Gasteiger partial charge is 0.119 e. The molecule has 0 saturated carbocycles. The molecule has 0 heterocycles. The third-order valence-corrected chi connectivity index (χ3v) is 10.5. The average Bonchev–Trinajstić information content (AvgIpc) is 3.11. The van der Waals surface area contributed by atoms with Crippen LogP contribution in [-0.4, -0.2) is 19.8 Å². The van der Waals surface area contributed by atoms with Crippen LogP contribution >= 0.6 is 7.92 Å². The molecule has 0 aromatic heterocycles. The van der Waals surface area contributed by atoms with Gasteiger partial charge in [0, 0.05) is 0 Å². The van der Waals surface area contributed by atoms with E-state index in [1.807, 2.05) is 20.8 Å². The summed E-state index contributed by atoms with van der Waals surface area (Å²) in [5, 5.41) is 3.91. The first-order valence-electron chi connectivity index (χ1n) is 16.0. The number of ether oxygens (including phenoxy) is 3. The largest absolute Gasteiger partial charge is 0.494 e. The monoisotopic (exact) mass is 622 g/mol. The second-order valence-corrected chi connectivity index (χ2v) is 12.9. The van der Waals surface area contributed by atoms with E-state index in [-0.39, 0.29) is 0 Å². The van der Waals surface area contributed by atoms with Crippen molar-refractivity contribution in [2.45, 2.75) is 20.8 Å². The molecule has 4 heteroatoms. The minimum absolute atomic E-state index is 0.645. The van der Waals surface area contributed by atoms with E-state index in [0.717, 1.165) is 17.2 Å². The number of rotatable bonds is 12. The summed E-state index contributed by atoms with van der Waals surface area (Å²) in [6.45, 7) is 7.98. The van der Waals surface area contributed by atoms with Crippen LogP contribution in [0.2, 0.25) is 0 Å². The Morgan fingerprint density at radius 1 is 0.348 bits per heavy atom. The molecular formula is C42H39O3P. The lowest BCUT2D eigenvalue weighted by molar-refractivity contribution is 0.340. The average molecular weight is 623 g/mol. The van der Waals surface area contributed by atoms with E-state index >= 15 is 0 Å². The van der Waals surface area contributed by atoms with Gasteiger partial charge in [0.05, 0.1) is 19.8 Å². The van der Waals surface area contributed by atoms with Crippen molar-refractivity contribution in [3.05, 3.63) is 146 Å². The maximum Gasteiger partial charge on any atom is 0.119 e. The Bertz CT molecular complexity index is 1640. The van der Waals surface area contributed by atoms with E-state index in [2.05, 4.69) is 146 Å². The van der Waals surface area contributed by atoms with Gasteiger partial charge in [-0.05, 0) is 114 Å². The second kappa shape index (κ2) is 15.0. The number of hydrogen-bond donors (Lipinski definition) is 0. The minimum Gasteiger partial charge on any atom is -0.494 e. The quantitative estimate of drug-likeness (QED) is 0.127. The van der Waals surface area contributed by atoms with Gasteiger partial charge in [-0.25, -0.2) is 0 Å². The fourth-order valence-corrected chi connectivity index (χ4v) is 8.64. The second-order valence-electron chi connectivity index (χ2n) is 10.8. The number of benzene rings is 6. The van der Waals surface area contributed by atoms with E-state index in [9.17, 15) is 0 Å². The molecule has 0 amide bonds. The molecule has 6 rings (SSSR count). The summed E-state index contributed by atoms with van der Waals surface area (Å²) in [5.41, 5.74) is 7.18. The molecule has 0 bridgehead atoms. The van der Waals surface area contributed by atoms with E-state index < -0.39 is 7.92 Å². The molecule has 3 nitrogen and oxygen atoms in total. The molecule has 0 aliphatic heterocycles. The van der Waals surface area contributed by atoms with Gasteiger partial charge in [-0.3, -0.25) is 0 Å². The summed E-state index contributed by atoms with van der Waals surface area (Å²) in [4.78, 5) is 0. The molecular weight excluding hydrogens is 583 g/mol. The first-order chi connectivity index (χ1) is 22.7. The summed E-state index contributed by atoms with van der Waals surface area (Å²) in [6, 6.07) is 52.1. The van der Waals surface area contributed by atoms with Crippen molar-refractivity contribution in [2.24, 2.45) is 0 Å². The Morgan fingerprint density at radius 3 is 0.870 bits per heavy atom. The molecule has 0 unspecified atom stereocenters. The lowest BCUT2D eigenvalue weighted by atomic mass is 10.1. The molecule has 0 aliphatic carbocycles. The summed E-state index contributed by atoms with van der Waals surface area (Å²) >= 11 is 0. The summed E-state index contributed by atoms with van der Waals surface area (Å²) < 4.78 is 17.3. The van der Waals surface area contributed by atoms with Gasteiger partial charge in [0.1, 0.15) is 17.2 Å². The summed E-state index contributed by atoms with van der Waals surface area (Å²) in [5.74, 6) is 2.65. The zero-order valence-corrected chi connectivity index (χ0v) is 27.5. The Morgan fingerprint density at radius 2 is 0.609 bits per heavy atom.